The van der Waals surface area contributed by atoms with Crippen LogP contribution in [0.4, 0.5) is 0 Å². The zero-order chi connectivity index (χ0) is 19.9. The van der Waals surface area contributed by atoms with Crippen LogP contribution in [0.2, 0.25) is 0 Å². The molecule has 0 saturated carbocycles. The molecule has 0 spiro atoms. The van der Waals surface area contributed by atoms with E-state index in [1.807, 2.05) is 12.2 Å². The molecule has 0 aromatic heterocycles. The minimum Gasteiger partial charge on any atom is -0.464 e. The predicted molar refractivity (Wildman–Crippen MR) is 108 cm³/mol. The third-order valence-corrected chi connectivity index (χ3v) is 4.66. The van der Waals surface area contributed by atoms with Crippen molar-refractivity contribution in [2.75, 3.05) is 6.61 Å². The number of esters is 2. The number of hydrogen-bond acceptors (Lipinski definition) is 5. The predicted octanol–water partition coefficient (Wildman–Crippen LogP) is 4.46. The topological polar surface area (TPSA) is 64.6 Å². The van der Waals surface area contributed by atoms with Gasteiger partial charge in [0.25, 0.3) is 0 Å². The molecule has 27 heavy (non-hydrogen) atoms. The highest BCUT2D eigenvalue weighted by Crippen LogP contribution is 2.14. The van der Waals surface area contributed by atoms with Crippen molar-refractivity contribution < 1.29 is 19.1 Å². The van der Waals surface area contributed by atoms with Gasteiger partial charge in [0.2, 0.25) is 0 Å². The molecule has 3 atom stereocenters. The maximum absolute atomic E-state index is 11.2. The van der Waals surface area contributed by atoms with Gasteiger partial charge in [-0.2, -0.15) is 0 Å². The summed E-state index contributed by atoms with van der Waals surface area (Å²) in [6.07, 6.45) is 19.2. The second kappa shape index (κ2) is 14.4. The van der Waals surface area contributed by atoms with Crippen molar-refractivity contribution >= 4 is 11.9 Å². The minimum absolute atomic E-state index is 0.155. The van der Waals surface area contributed by atoms with Crippen LogP contribution in [0.15, 0.2) is 24.3 Å². The van der Waals surface area contributed by atoms with E-state index in [0.717, 1.165) is 12.8 Å². The Bertz CT molecular complexity index is 487. The lowest BCUT2D eigenvalue weighted by Gasteiger charge is -2.32. The van der Waals surface area contributed by atoms with E-state index in [1.165, 1.54) is 58.8 Å². The second-order valence-electron chi connectivity index (χ2n) is 7.26. The zero-order valence-electron chi connectivity index (χ0n) is 17.2. The maximum Gasteiger partial charge on any atom is 0.303 e. The van der Waals surface area contributed by atoms with E-state index in [4.69, 9.17) is 9.47 Å². The largest absolute Gasteiger partial charge is 0.464 e. The number of hydrogen-bond donors (Lipinski definition) is 1. The molecule has 0 unspecified atom stereocenters. The van der Waals surface area contributed by atoms with E-state index in [9.17, 15) is 9.59 Å². The third-order valence-electron chi connectivity index (χ3n) is 4.66. The first-order valence-corrected chi connectivity index (χ1v) is 10.4. The Labute approximate surface area is 164 Å². The quantitative estimate of drug-likeness (QED) is 0.291. The summed E-state index contributed by atoms with van der Waals surface area (Å²) in [6.45, 7) is 5.20. The van der Waals surface area contributed by atoms with Gasteiger partial charge in [0.05, 0.1) is 6.04 Å². The van der Waals surface area contributed by atoms with Crippen LogP contribution in [0.3, 0.4) is 0 Å². The van der Waals surface area contributed by atoms with Crippen molar-refractivity contribution in [2.24, 2.45) is 0 Å². The van der Waals surface area contributed by atoms with E-state index < -0.39 is 6.10 Å². The molecule has 0 aromatic carbocycles. The summed E-state index contributed by atoms with van der Waals surface area (Å²) in [5.41, 5.74) is 0. The van der Waals surface area contributed by atoms with E-state index in [1.54, 1.807) is 0 Å². The summed E-state index contributed by atoms with van der Waals surface area (Å²) < 4.78 is 10.4. The van der Waals surface area contributed by atoms with Crippen molar-refractivity contribution in [3.05, 3.63) is 24.3 Å². The van der Waals surface area contributed by atoms with Crippen LogP contribution in [-0.4, -0.2) is 36.7 Å². The smallest absolute Gasteiger partial charge is 0.303 e. The van der Waals surface area contributed by atoms with Crippen LogP contribution in [0.1, 0.15) is 78.6 Å². The van der Waals surface area contributed by atoms with Gasteiger partial charge in [0.1, 0.15) is 12.7 Å². The first-order valence-electron chi connectivity index (χ1n) is 10.4. The van der Waals surface area contributed by atoms with Crippen molar-refractivity contribution in [3.8, 4) is 0 Å². The van der Waals surface area contributed by atoms with Gasteiger partial charge in [-0.05, 0) is 25.3 Å². The highest BCUT2D eigenvalue weighted by atomic mass is 16.6. The van der Waals surface area contributed by atoms with Gasteiger partial charge >= 0.3 is 11.9 Å². The molecule has 0 fully saturated rings. The highest BCUT2D eigenvalue weighted by Gasteiger charge is 2.28. The van der Waals surface area contributed by atoms with E-state index in [0.29, 0.717) is 0 Å². The summed E-state index contributed by atoms with van der Waals surface area (Å²) in [4.78, 5) is 22.3. The normalized spacial score (nSPS) is 22.1. The third kappa shape index (κ3) is 11.6. The molecule has 1 aliphatic rings. The lowest BCUT2D eigenvalue weighted by atomic mass is 10.0. The van der Waals surface area contributed by atoms with Crippen LogP contribution >= 0.6 is 0 Å². The lowest BCUT2D eigenvalue weighted by molar-refractivity contribution is -0.148. The summed E-state index contributed by atoms with van der Waals surface area (Å²) >= 11 is 0. The Morgan fingerprint density at radius 2 is 1.67 bits per heavy atom. The average Bonchev–Trinajstić information content (AvgIpc) is 2.62. The van der Waals surface area contributed by atoms with Crippen molar-refractivity contribution in [2.45, 2.75) is 96.7 Å². The van der Waals surface area contributed by atoms with Gasteiger partial charge in [-0.15, -0.1) is 0 Å². The van der Waals surface area contributed by atoms with Gasteiger partial charge in [-0.1, -0.05) is 63.7 Å². The number of nitrogens with one attached hydrogen (secondary N) is 1. The van der Waals surface area contributed by atoms with E-state index in [-0.39, 0.29) is 30.6 Å². The van der Waals surface area contributed by atoms with Gasteiger partial charge < -0.3 is 14.8 Å². The number of carbonyl (C=O) groups is 2. The molecule has 154 valence electrons. The minimum atomic E-state index is -0.408. The molecule has 1 rings (SSSR count). The number of unbranched alkanes of at least 4 members (excludes halogenated alkanes) is 7. The van der Waals surface area contributed by atoms with Crippen LogP contribution in [-0.2, 0) is 19.1 Å². The molecule has 0 aliphatic carbocycles. The van der Waals surface area contributed by atoms with Crippen LogP contribution in [0.5, 0.6) is 0 Å². The van der Waals surface area contributed by atoms with Crippen molar-refractivity contribution in [3.63, 3.8) is 0 Å². The maximum atomic E-state index is 11.2. The molecule has 1 heterocycles. The van der Waals surface area contributed by atoms with Crippen LogP contribution < -0.4 is 5.32 Å². The van der Waals surface area contributed by atoms with Gasteiger partial charge in [0.15, 0.2) is 0 Å². The number of rotatable bonds is 13. The fourth-order valence-corrected chi connectivity index (χ4v) is 3.19. The Morgan fingerprint density at radius 1 is 0.963 bits per heavy atom. The fourth-order valence-electron chi connectivity index (χ4n) is 3.19. The Morgan fingerprint density at radius 3 is 2.33 bits per heavy atom. The van der Waals surface area contributed by atoms with Gasteiger partial charge in [-0.25, -0.2) is 0 Å². The zero-order valence-corrected chi connectivity index (χ0v) is 17.2. The first kappa shape index (κ1) is 23.4. The lowest BCUT2D eigenvalue weighted by Crippen LogP contribution is -2.51. The molecular weight excluding hydrogens is 342 g/mol. The van der Waals surface area contributed by atoms with E-state index >= 15 is 0 Å². The summed E-state index contributed by atoms with van der Waals surface area (Å²) in [5.74, 6) is -0.675. The Balaban J connectivity index is 2.29. The monoisotopic (exact) mass is 379 g/mol. The molecule has 0 saturated heterocycles. The van der Waals surface area contributed by atoms with Gasteiger partial charge in [0, 0.05) is 19.9 Å². The molecule has 1 N–H and O–H groups in total. The average molecular weight is 380 g/mol. The standard InChI is InChI=1S/C22H37NO4/c1-4-5-6-7-8-9-10-11-12-13-14-20-15-16-22(27-19(3)25)21(23-20)17-26-18(2)24/h12-13,15-16,20-23H,4-11,14,17H2,1-3H3/b13-12+/t20-,21+,22-/m0/s1. The Kier molecular flexibility index (Phi) is 12.5. The molecule has 0 aromatic rings. The fraction of sp³-hybridized carbons (Fsp3) is 0.727. The SMILES string of the molecule is CCCCCCCCC/C=C/C[C@H]1C=C[C@H](OC(C)=O)[C@@H](COC(C)=O)N1. The molecule has 5 nitrogen and oxygen atoms in total. The van der Waals surface area contributed by atoms with E-state index in [2.05, 4.69) is 24.4 Å². The number of allylic oxidation sites excluding steroid dienone is 1. The van der Waals surface area contributed by atoms with Gasteiger partial charge in [-0.3, -0.25) is 9.59 Å². The van der Waals surface area contributed by atoms with Crippen molar-refractivity contribution in [1.29, 1.82) is 0 Å². The summed E-state index contributed by atoms with van der Waals surface area (Å²) in [6, 6.07) is -0.0630. The second-order valence-corrected chi connectivity index (χ2v) is 7.26. The first-order chi connectivity index (χ1) is 13.0. The molecular formula is C22H37NO4. The van der Waals surface area contributed by atoms with Crippen LogP contribution in [0, 0.1) is 0 Å². The van der Waals surface area contributed by atoms with Crippen molar-refractivity contribution in [1.82, 2.24) is 5.32 Å². The van der Waals surface area contributed by atoms with Crippen LogP contribution in [0.25, 0.3) is 0 Å². The molecule has 0 amide bonds. The molecule has 5 heteroatoms. The summed E-state index contributed by atoms with van der Waals surface area (Å²) in [7, 11) is 0. The number of carbonyl (C=O) groups excluding carboxylic acids is 2. The number of ether oxygens (including phenoxy) is 2. The molecule has 1 aliphatic heterocycles. The highest BCUT2D eigenvalue weighted by molar-refractivity contribution is 5.67. The molecule has 0 radical (unpaired) electrons. The summed E-state index contributed by atoms with van der Waals surface area (Å²) in [5, 5.41) is 3.40. The molecule has 0 bridgehead atoms. The Hall–Kier alpha value is -1.62.